The fourth-order valence-corrected chi connectivity index (χ4v) is 4.05. The SMILES string of the molecule is O=C(COc1ccc(F)c(Cl)c1)N[C@H]1CCCN(CC2CCCC2)C1. The Morgan fingerprint density at radius 1 is 1.28 bits per heavy atom. The molecule has 1 atom stereocenters. The van der Waals surface area contributed by atoms with Gasteiger partial charge in [0.2, 0.25) is 0 Å². The van der Waals surface area contributed by atoms with Crippen LogP contribution in [0.5, 0.6) is 5.75 Å². The first-order valence-electron chi connectivity index (χ1n) is 9.20. The summed E-state index contributed by atoms with van der Waals surface area (Å²) in [7, 11) is 0. The van der Waals surface area contributed by atoms with Crippen LogP contribution in [0, 0.1) is 11.7 Å². The van der Waals surface area contributed by atoms with Crippen LogP contribution in [0.4, 0.5) is 4.39 Å². The van der Waals surface area contributed by atoms with Crippen LogP contribution in [0.3, 0.4) is 0 Å². The summed E-state index contributed by atoms with van der Waals surface area (Å²) >= 11 is 5.71. The molecule has 0 radical (unpaired) electrons. The van der Waals surface area contributed by atoms with Crippen molar-refractivity contribution < 1.29 is 13.9 Å². The zero-order valence-corrected chi connectivity index (χ0v) is 15.2. The van der Waals surface area contributed by atoms with Gasteiger partial charge in [0.05, 0.1) is 5.02 Å². The van der Waals surface area contributed by atoms with Crippen LogP contribution in [0.2, 0.25) is 5.02 Å². The van der Waals surface area contributed by atoms with E-state index >= 15 is 0 Å². The van der Waals surface area contributed by atoms with Gasteiger partial charge in [-0.1, -0.05) is 24.4 Å². The standard InChI is InChI=1S/C19H26ClFN2O2/c20-17-10-16(7-8-18(17)21)25-13-19(24)22-15-6-3-9-23(12-15)11-14-4-1-2-5-14/h7-8,10,14-15H,1-6,9,11-13H2,(H,22,24)/t15-/m0/s1. The van der Waals surface area contributed by atoms with E-state index in [2.05, 4.69) is 10.2 Å². The minimum atomic E-state index is -0.497. The second-order valence-corrected chi connectivity index (χ2v) is 7.59. The number of carbonyl (C=O) groups excluding carboxylic acids is 1. The Labute approximate surface area is 153 Å². The van der Waals surface area contributed by atoms with Gasteiger partial charge in [-0.15, -0.1) is 0 Å². The third kappa shape index (κ3) is 5.58. The number of ether oxygens (including phenoxy) is 1. The molecular formula is C19H26ClFN2O2. The number of nitrogens with zero attached hydrogens (tertiary/aromatic N) is 1. The molecule has 1 heterocycles. The second kappa shape index (κ2) is 8.86. The van der Waals surface area contributed by atoms with Gasteiger partial charge in [0, 0.05) is 25.2 Å². The average Bonchev–Trinajstić information content (AvgIpc) is 3.09. The van der Waals surface area contributed by atoms with E-state index in [-0.39, 0.29) is 23.6 Å². The molecule has 1 N–H and O–H groups in total. The first-order valence-corrected chi connectivity index (χ1v) is 9.57. The van der Waals surface area contributed by atoms with Gasteiger partial charge in [-0.2, -0.15) is 0 Å². The lowest BCUT2D eigenvalue weighted by atomic mass is 10.0. The highest BCUT2D eigenvalue weighted by atomic mass is 35.5. The number of carbonyl (C=O) groups is 1. The number of piperidine rings is 1. The summed E-state index contributed by atoms with van der Waals surface area (Å²) < 4.78 is 18.5. The first kappa shape index (κ1) is 18.5. The Morgan fingerprint density at radius 3 is 2.84 bits per heavy atom. The van der Waals surface area contributed by atoms with Crippen molar-refractivity contribution in [1.82, 2.24) is 10.2 Å². The molecule has 1 amide bonds. The number of nitrogens with one attached hydrogen (secondary N) is 1. The van der Waals surface area contributed by atoms with Crippen molar-refractivity contribution in [3.8, 4) is 5.75 Å². The van der Waals surface area contributed by atoms with Gasteiger partial charge in [0.25, 0.3) is 5.91 Å². The van der Waals surface area contributed by atoms with Crippen LogP contribution in [-0.2, 0) is 4.79 Å². The third-order valence-electron chi connectivity index (χ3n) is 5.12. The van der Waals surface area contributed by atoms with Crippen molar-refractivity contribution >= 4 is 17.5 Å². The van der Waals surface area contributed by atoms with Gasteiger partial charge in [-0.05, 0) is 50.3 Å². The quantitative estimate of drug-likeness (QED) is 0.833. The minimum Gasteiger partial charge on any atom is -0.484 e. The molecule has 2 fully saturated rings. The van der Waals surface area contributed by atoms with Crippen LogP contribution in [-0.4, -0.2) is 43.1 Å². The van der Waals surface area contributed by atoms with Crippen LogP contribution in [0.25, 0.3) is 0 Å². The van der Waals surface area contributed by atoms with E-state index in [0.29, 0.717) is 5.75 Å². The molecule has 138 valence electrons. The molecule has 3 rings (SSSR count). The number of rotatable bonds is 6. The topological polar surface area (TPSA) is 41.6 Å². The molecule has 1 saturated heterocycles. The van der Waals surface area contributed by atoms with Gasteiger partial charge in [-0.25, -0.2) is 4.39 Å². The lowest BCUT2D eigenvalue weighted by molar-refractivity contribution is -0.124. The van der Waals surface area contributed by atoms with Crippen molar-refractivity contribution in [1.29, 1.82) is 0 Å². The molecule has 25 heavy (non-hydrogen) atoms. The summed E-state index contributed by atoms with van der Waals surface area (Å²) in [4.78, 5) is 14.6. The largest absolute Gasteiger partial charge is 0.484 e. The fraction of sp³-hybridized carbons (Fsp3) is 0.632. The van der Waals surface area contributed by atoms with Crippen LogP contribution < -0.4 is 10.1 Å². The van der Waals surface area contributed by atoms with Crippen molar-refractivity contribution in [3.63, 3.8) is 0 Å². The van der Waals surface area contributed by atoms with E-state index in [4.69, 9.17) is 16.3 Å². The van der Waals surface area contributed by atoms with Gasteiger partial charge < -0.3 is 15.0 Å². The number of hydrogen-bond acceptors (Lipinski definition) is 3. The number of likely N-dealkylation sites (tertiary alicyclic amines) is 1. The van der Waals surface area contributed by atoms with E-state index in [1.165, 1.54) is 43.9 Å². The zero-order chi connectivity index (χ0) is 17.6. The van der Waals surface area contributed by atoms with Crippen molar-refractivity contribution in [2.45, 2.75) is 44.6 Å². The van der Waals surface area contributed by atoms with E-state index in [9.17, 15) is 9.18 Å². The molecule has 4 nitrogen and oxygen atoms in total. The average molecular weight is 369 g/mol. The van der Waals surface area contributed by atoms with Crippen molar-refractivity contribution in [3.05, 3.63) is 29.0 Å². The molecule has 0 spiro atoms. The van der Waals surface area contributed by atoms with Gasteiger partial charge in [0.1, 0.15) is 11.6 Å². The third-order valence-corrected chi connectivity index (χ3v) is 5.41. The summed E-state index contributed by atoms with van der Waals surface area (Å²) in [6.07, 6.45) is 7.55. The van der Waals surface area contributed by atoms with Crippen molar-refractivity contribution in [2.24, 2.45) is 5.92 Å². The lowest BCUT2D eigenvalue weighted by Gasteiger charge is -2.34. The minimum absolute atomic E-state index is 0.00672. The Bertz CT molecular complexity index is 593. The number of amides is 1. The molecule has 1 aromatic rings. The molecule has 2 aliphatic rings. The maximum absolute atomic E-state index is 13.1. The predicted molar refractivity (Wildman–Crippen MR) is 96.5 cm³/mol. The summed E-state index contributed by atoms with van der Waals surface area (Å²) in [6, 6.07) is 4.27. The molecule has 1 aliphatic carbocycles. The maximum Gasteiger partial charge on any atom is 0.258 e. The van der Waals surface area contributed by atoms with Gasteiger partial charge in [0.15, 0.2) is 6.61 Å². The normalized spacial score (nSPS) is 22.1. The summed E-state index contributed by atoms with van der Waals surface area (Å²) in [5.41, 5.74) is 0. The highest BCUT2D eigenvalue weighted by molar-refractivity contribution is 6.30. The van der Waals surface area contributed by atoms with E-state index < -0.39 is 5.82 Å². The van der Waals surface area contributed by atoms with Crippen LogP contribution >= 0.6 is 11.6 Å². The molecular weight excluding hydrogens is 343 g/mol. The zero-order valence-electron chi connectivity index (χ0n) is 14.5. The lowest BCUT2D eigenvalue weighted by Crippen LogP contribution is -2.49. The molecule has 1 aromatic carbocycles. The Kier molecular flexibility index (Phi) is 6.54. The van der Waals surface area contributed by atoms with E-state index in [1.807, 2.05) is 0 Å². The highest BCUT2D eigenvalue weighted by Gasteiger charge is 2.25. The summed E-state index contributed by atoms with van der Waals surface area (Å²) in [6.45, 7) is 3.14. The molecule has 1 aliphatic heterocycles. The Balaban J connectivity index is 1.41. The summed E-state index contributed by atoms with van der Waals surface area (Å²) in [5, 5.41) is 3.05. The van der Waals surface area contributed by atoms with E-state index in [0.717, 1.165) is 38.4 Å². The second-order valence-electron chi connectivity index (χ2n) is 7.18. The Hall–Kier alpha value is -1.33. The monoisotopic (exact) mass is 368 g/mol. The van der Waals surface area contributed by atoms with Crippen molar-refractivity contribution in [2.75, 3.05) is 26.2 Å². The molecule has 0 bridgehead atoms. The maximum atomic E-state index is 13.1. The number of benzene rings is 1. The Morgan fingerprint density at radius 2 is 2.08 bits per heavy atom. The van der Waals surface area contributed by atoms with Gasteiger partial charge >= 0.3 is 0 Å². The molecule has 6 heteroatoms. The predicted octanol–water partition coefficient (Wildman–Crippen LogP) is 3.63. The van der Waals surface area contributed by atoms with E-state index in [1.54, 1.807) is 0 Å². The number of hydrogen-bond donors (Lipinski definition) is 1. The summed E-state index contributed by atoms with van der Waals surface area (Å²) in [5.74, 6) is 0.588. The molecule has 1 saturated carbocycles. The first-order chi connectivity index (χ1) is 12.1. The highest BCUT2D eigenvalue weighted by Crippen LogP contribution is 2.26. The van der Waals surface area contributed by atoms with Gasteiger partial charge in [-0.3, -0.25) is 4.79 Å². The molecule has 0 aromatic heterocycles. The number of halogens is 2. The smallest absolute Gasteiger partial charge is 0.258 e. The fourth-order valence-electron chi connectivity index (χ4n) is 3.88. The van der Waals surface area contributed by atoms with Crippen LogP contribution in [0.15, 0.2) is 18.2 Å². The molecule has 0 unspecified atom stereocenters. The van der Waals surface area contributed by atoms with Crippen LogP contribution in [0.1, 0.15) is 38.5 Å².